The zero-order valence-electron chi connectivity index (χ0n) is 14.1. The molecule has 0 amide bonds. The molecule has 3 aliphatic rings. The number of nitrogens with one attached hydrogen (secondary N) is 1. The molecule has 1 saturated heterocycles. The minimum atomic E-state index is 0.360. The van der Waals surface area contributed by atoms with Gasteiger partial charge in [0, 0.05) is 37.2 Å². The van der Waals surface area contributed by atoms with Gasteiger partial charge in [-0.2, -0.15) is 0 Å². The Morgan fingerprint density at radius 1 is 1.14 bits per heavy atom. The van der Waals surface area contributed by atoms with Gasteiger partial charge in [0.1, 0.15) is 0 Å². The fourth-order valence-corrected chi connectivity index (χ4v) is 4.22. The van der Waals surface area contributed by atoms with Crippen LogP contribution in [0.4, 0.5) is 0 Å². The van der Waals surface area contributed by atoms with Crippen molar-refractivity contribution in [1.82, 2.24) is 10.2 Å². The van der Waals surface area contributed by atoms with Crippen LogP contribution in [0.2, 0.25) is 0 Å². The first-order chi connectivity index (χ1) is 10.2. The van der Waals surface area contributed by atoms with Crippen LogP contribution in [0.15, 0.2) is 0 Å². The maximum Gasteiger partial charge on any atom is 0.0546 e. The van der Waals surface area contributed by atoms with Crippen LogP contribution >= 0.6 is 0 Å². The highest BCUT2D eigenvalue weighted by molar-refractivity contribution is 4.92. The van der Waals surface area contributed by atoms with E-state index in [1.165, 1.54) is 57.9 Å². The first-order valence-electron chi connectivity index (χ1n) is 9.18. The molecule has 2 saturated carbocycles. The van der Waals surface area contributed by atoms with Gasteiger partial charge in [0.05, 0.1) is 6.61 Å². The van der Waals surface area contributed by atoms with E-state index in [9.17, 15) is 0 Å². The molecule has 1 heterocycles. The van der Waals surface area contributed by atoms with Crippen molar-refractivity contribution >= 4 is 0 Å². The summed E-state index contributed by atoms with van der Waals surface area (Å²) in [7, 11) is 2.36. The van der Waals surface area contributed by atoms with E-state index in [0.29, 0.717) is 5.41 Å². The van der Waals surface area contributed by atoms with Gasteiger partial charge >= 0.3 is 0 Å². The van der Waals surface area contributed by atoms with Gasteiger partial charge in [-0.05, 0) is 64.3 Å². The summed E-state index contributed by atoms with van der Waals surface area (Å²) in [6, 6.07) is 1.62. The lowest BCUT2D eigenvalue weighted by atomic mass is 9.80. The quantitative estimate of drug-likeness (QED) is 0.815. The maximum absolute atomic E-state index is 5.88. The average Bonchev–Trinajstić information content (AvgIpc) is 3.31. The Labute approximate surface area is 130 Å². The molecule has 1 aliphatic heterocycles. The molecule has 3 heteroatoms. The van der Waals surface area contributed by atoms with Crippen LogP contribution in [0.3, 0.4) is 0 Å². The molecule has 122 valence electrons. The highest BCUT2D eigenvalue weighted by Gasteiger charge is 2.37. The number of ether oxygens (including phenoxy) is 1. The van der Waals surface area contributed by atoms with E-state index >= 15 is 0 Å². The average molecular weight is 294 g/mol. The fraction of sp³-hybridized carbons (Fsp3) is 1.00. The lowest BCUT2D eigenvalue weighted by molar-refractivity contribution is -0.0314. The Balaban J connectivity index is 1.54. The number of rotatable bonds is 6. The summed E-state index contributed by atoms with van der Waals surface area (Å²) in [6.45, 7) is 6.71. The first-order valence-corrected chi connectivity index (χ1v) is 9.18. The summed E-state index contributed by atoms with van der Waals surface area (Å²) in [5.41, 5.74) is 0.360. The third-order valence-electron chi connectivity index (χ3n) is 5.94. The van der Waals surface area contributed by atoms with Crippen LogP contribution in [0.1, 0.15) is 58.3 Å². The SMILES string of the molecule is CC1CCC(N(C)CC2(CNC3CC3)CCCOC2)CC1. The van der Waals surface area contributed by atoms with Gasteiger partial charge in [0.15, 0.2) is 0 Å². The normalized spacial score (nSPS) is 37.9. The van der Waals surface area contributed by atoms with Crippen LogP contribution in [-0.2, 0) is 4.74 Å². The van der Waals surface area contributed by atoms with E-state index in [2.05, 4.69) is 24.2 Å². The van der Waals surface area contributed by atoms with Crippen molar-refractivity contribution in [2.24, 2.45) is 11.3 Å². The third-order valence-corrected chi connectivity index (χ3v) is 5.94. The van der Waals surface area contributed by atoms with Crippen LogP contribution in [0, 0.1) is 11.3 Å². The van der Waals surface area contributed by atoms with Crippen LogP contribution in [0.25, 0.3) is 0 Å². The molecule has 0 aromatic carbocycles. The van der Waals surface area contributed by atoms with Gasteiger partial charge in [-0.15, -0.1) is 0 Å². The molecule has 1 unspecified atom stereocenters. The number of nitrogens with zero attached hydrogens (tertiary/aromatic N) is 1. The molecule has 3 nitrogen and oxygen atoms in total. The van der Waals surface area contributed by atoms with Crippen molar-refractivity contribution in [3.63, 3.8) is 0 Å². The van der Waals surface area contributed by atoms with E-state index in [1.54, 1.807) is 0 Å². The molecule has 2 aliphatic carbocycles. The highest BCUT2D eigenvalue weighted by atomic mass is 16.5. The monoisotopic (exact) mass is 294 g/mol. The van der Waals surface area contributed by atoms with Crippen molar-refractivity contribution in [2.75, 3.05) is 33.4 Å². The minimum Gasteiger partial charge on any atom is -0.381 e. The van der Waals surface area contributed by atoms with Gasteiger partial charge < -0.3 is 15.0 Å². The molecular formula is C18H34N2O. The summed E-state index contributed by atoms with van der Waals surface area (Å²) in [4.78, 5) is 2.66. The molecule has 1 N–H and O–H groups in total. The fourth-order valence-electron chi connectivity index (χ4n) is 4.22. The van der Waals surface area contributed by atoms with E-state index < -0.39 is 0 Å². The van der Waals surface area contributed by atoms with Crippen LogP contribution in [-0.4, -0.2) is 50.3 Å². The van der Waals surface area contributed by atoms with E-state index in [-0.39, 0.29) is 0 Å². The topological polar surface area (TPSA) is 24.5 Å². The predicted octanol–water partition coefficient (Wildman–Crippen LogP) is 3.05. The van der Waals surface area contributed by atoms with Crippen molar-refractivity contribution in [2.45, 2.75) is 70.4 Å². The van der Waals surface area contributed by atoms with Gasteiger partial charge in [-0.1, -0.05) is 6.92 Å². The summed E-state index contributed by atoms with van der Waals surface area (Å²) in [6.07, 6.45) is 11.0. The van der Waals surface area contributed by atoms with E-state index in [0.717, 1.165) is 37.8 Å². The third kappa shape index (κ3) is 4.43. The maximum atomic E-state index is 5.88. The van der Waals surface area contributed by atoms with Gasteiger partial charge in [0.2, 0.25) is 0 Å². The second-order valence-electron chi connectivity index (χ2n) is 8.14. The number of hydrogen-bond donors (Lipinski definition) is 1. The van der Waals surface area contributed by atoms with Crippen molar-refractivity contribution < 1.29 is 4.74 Å². The van der Waals surface area contributed by atoms with Gasteiger partial charge in [0.25, 0.3) is 0 Å². The Bertz CT molecular complexity index is 315. The molecule has 3 rings (SSSR count). The standard InChI is InChI=1S/C18H34N2O/c1-15-4-8-17(9-5-15)20(2)13-18(10-3-11-21-14-18)12-19-16-6-7-16/h15-17,19H,3-14H2,1-2H3. The van der Waals surface area contributed by atoms with Crippen LogP contribution < -0.4 is 5.32 Å². The molecule has 1 atom stereocenters. The van der Waals surface area contributed by atoms with Crippen molar-refractivity contribution in [3.8, 4) is 0 Å². The van der Waals surface area contributed by atoms with Crippen molar-refractivity contribution in [1.29, 1.82) is 0 Å². The summed E-state index contributed by atoms with van der Waals surface area (Å²) in [5, 5.41) is 3.78. The molecule has 21 heavy (non-hydrogen) atoms. The lowest BCUT2D eigenvalue weighted by Crippen LogP contribution is -2.51. The molecule has 3 fully saturated rings. The highest BCUT2D eigenvalue weighted by Crippen LogP contribution is 2.33. The molecular weight excluding hydrogens is 260 g/mol. The molecule has 0 spiro atoms. The molecule has 0 aromatic rings. The Hall–Kier alpha value is -0.120. The smallest absolute Gasteiger partial charge is 0.0546 e. The summed E-state index contributed by atoms with van der Waals surface area (Å²) >= 11 is 0. The Morgan fingerprint density at radius 2 is 1.90 bits per heavy atom. The number of hydrogen-bond acceptors (Lipinski definition) is 3. The largest absolute Gasteiger partial charge is 0.381 e. The Morgan fingerprint density at radius 3 is 2.52 bits per heavy atom. The lowest BCUT2D eigenvalue weighted by Gasteiger charge is -2.43. The van der Waals surface area contributed by atoms with Crippen LogP contribution in [0.5, 0.6) is 0 Å². The molecule has 0 bridgehead atoms. The van der Waals surface area contributed by atoms with E-state index in [4.69, 9.17) is 4.74 Å². The first kappa shape index (κ1) is 15.8. The zero-order valence-corrected chi connectivity index (χ0v) is 14.1. The predicted molar refractivity (Wildman–Crippen MR) is 87.6 cm³/mol. The summed E-state index contributed by atoms with van der Waals surface area (Å²) < 4.78 is 5.88. The Kier molecular flexibility index (Phi) is 5.23. The molecule has 0 aromatic heterocycles. The minimum absolute atomic E-state index is 0.360. The van der Waals surface area contributed by atoms with Gasteiger partial charge in [-0.3, -0.25) is 0 Å². The second kappa shape index (κ2) is 6.97. The second-order valence-corrected chi connectivity index (χ2v) is 8.14. The molecule has 0 radical (unpaired) electrons. The van der Waals surface area contributed by atoms with Crippen molar-refractivity contribution in [3.05, 3.63) is 0 Å². The van der Waals surface area contributed by atoms with Gasteiger partial charge in [-0.25, -0.2) is 0 Å². The zero-order chi connectivity index (χ0) is 14.7. The van der Waals surface area contributed by atoms with E-state index in [1.807, 2.05) is 0 Å². The summed E-state index contributed by atoms with van der Waals surface area (Å²) in [5.74, 6) is 0.943.